The third kappa shape index (κ3) is 2.99. The maximum atomic E-state index is 11.9. The smallest absolute Gasteiger partial charge is 0.244 e. The molecule has 0 aromatic carbocycles. The topological polar surface area (TPSA) is 72.9 Å². The van der Waals surface area contributed by atoms with E-state index in [4.69, 9.17) is 5.73 Å². The van der Waals surface area contributed by atoms with Crippen LogP contribution in [0, 0.1) is 19.8 Å². The van der Waals surface area contributed by atoms with E-state index in [1.54, 1.807) is 4.68 Å². The minimum atomic E-state index is -0.329. The zero-order chi connectivity index (χ0) is 13.2. The van der Waals surface area contributed by atoms with Gasteiger partial charge in [0.05, 0.1) is 17.1 Å². The maximum Gasteiger partial charge on any atom is 0.244 e. The van der Waals surface area contributed by atoms with E-state index in [1.165, 1.54) is 0 Å². The minimum absolute atomic E-state index is 0.0238. The summed E-state index contributed by atoms with van der Waals surface area (Å²) < 4.78 is 1.68. The molecular weight excluding hydrogens is 216 g/mol. The average molecular weight is 238 g/mol. The zero-order valence-electron chi connectivity index (χ0n) is 11.2. The molecule has 0 radical (unpaired) electrons. The number of anilines is 1. The van der Waals surface area contributed by atoms with Crippen molar-refractivity contribution in [3.63, 3.8) is 0 Å². The van der Waals surface area contributed by atoms with Gasteiger partial charge in [0.25, 0.3) is 0 Å². The number of carbonyl (C=O) groups excluding carboxylic acids is 1. The first-order valence-corrected chi connectivity index (χ1v) is 5.93. The van der Waals surface area contributed by atoms with Crippen molar-refractivity contribution in [1.29, 1.82) is 0 Å². The highest BCUT2D eigenvalue weighted by molar-refractivity contribution is 5.80. The summed E-state index contributed by atoms with van der Waals surface area (Å²) in [6, 6.07) is -0.329. The predicted octanol–water partition coefficient (Wildman–Crippen LogP) is 1.42. The Balaban J connectivity index is 2.78. The van der Waals surface area contributed by atoms with Gasteiger partial charge in [-0.15, -0.1) is 0 Å². The third-order valence-corrected chi connectivity index (χ3v) is 2.81. The number of nitrogens with two attached hydrogens (primary N) is 1. The van der Waals surface area contributed by atoms with Crippen molar-refractivity contribution in [3.8, 4) is 0 Å². The first-order valence-electron chi connectivity index (χ1n) is 5.93. The van der Waals surface area contributed by atoms with E-state index in [-0.39, 0.29) is 11.9 Å². The van der Waals surface area contributed by atoms with E-state index in [2.05, 4.69) is 24.3 Å². The molecule has 1 aromatic heterocycles. The number of amides is 1. The average Bonchev–Trinajstić information content (AvgIpc) is 2.52. The zero-order valence-corrected chi connectivity index (χ0v) is 11.2. The molecule has 17 heavy (non-hydrogen) atoms. The lowest BCUT2D eigenvalue weighted by molar-refractivity contribution is -0.124. The van der Waals surface area contributed by atoms with Crippen LogP contribution in [0.25, 0.3) is 0 Å². The van der Waals surface area contributed by atoms with Crippen molar-refractivity contribution in [2.75, 3.05) is 12.3 Å². The van der Waals surface area contributed by atoms with Gasteiger partial charge in [-0.05, 0) is 26.7 Å². The van der Waals surface area contributed by atoms with Gasteiger partial charge in [0, 0.05) is 6.54 Å². The van der Waals surface area contributed by atoms with Crippen molar-refractivity contribution in [1.82, 2.24) is 15.1 Å². The SMILES string of the molecule is Cc1nn(C(C)C(=O)NCC(C)C)c(C)c1N. The fourth-order valence-electron chi connectivity index (χ4n) is 1.62. The molecule has 1 aromatic rings. The quantitative estimate of drug-likeness (QED) is 0.833. The molecule has 96 valence electrons. The van der Waals surface area contributed by atoms with Gasteiger partial charge >= 0.3 is 0 Å². The molecule has 3 N–H and O–H groups in total. The fourth-order valence-corrected chi connectivity index (χ4v) is 1.62. The normalized spacial score (nSPS) is 12.8. The van der Waals surface area contributed by atoms with Crippen molar-refractivity contribution in [2.24, 2.45) is 5.92 Å². The van der Waals surface area contributed by atoms with Crippen LogP contribution in [-0.2, 0) is 4.79 Å². The summed E-state index contributed by atoms with van der Waals surface area (Å²) in [5.41, 5.74) is 8.12. The molecule has 1 amide bonds. The molecule has 0 saturated carbocycles. The highest BCUT2D eigenvalue weighted by Crippen LogP contribution is 2.19. The number of rotatable bonds is 4. The standard InChI is InChI=1S/C12H22N4O/c1-7(2)6-14-12(17)10(5)16-9(4)11(13)8(3)15-16/h7,10H,6,13H2,1-5H3,(H,14,17). The van der Waals surface area contributed by atoms with Crippen LogP contribution in [0.4, 0.5) is 5.69 Å². The van der Waals surface area contributed by atoms with E-state index in [0.717, 1.165) is 11.4 Å². The molecular formula is C12H22N4O. The first kappa shape index (κ1) is 13.5. The molecule has 0 spiro atoms. The van der Waals surface area contributed by atoms with E-state index < -0.39 is 0 Å². The predicted molar refractivity (Wildman–Crippen MR) is 68.7 cm³/mol. The van der Waals surface area contributed by atoms with Gasteiger partial charge in [0.2, 0.25) is 5.91 Å². The van der Waals surface area contributed by atoms with Crippen molar-refractivity contribution in [3.05, 3.63) is 11.4 Å². The molecule has 1 atom stereocenters. The largest absolute Gasteiger partial charge is 0.396 e. The number of hydrogen-bond acceptors (Lipinski definition) is 3. The number of aryl methyl sites for hydroxylation is 1. The molecule has 5 nitrogen and oxygen atoms in total. The molecule has 0 aliphatic heterocycles. The van der Waals surface area contributed by atoms with Crippen LogP contribution in [0.3, 0.4) is 0 Å². The Kier molecular flexibility index (Phi) is 4.15. The molecule has 1 rings (SSSR count). The molecule has 0 saturated heterocycles. The Hall–Kier alpha value is -1.52. The molecule has 0 fully saturated rings. The number of nitrogens with one attached hydrogen (secondary N) is 1. The van der Waals surface area contributed by atoms with Gasteiger partial charge in [-0.3, -0.25) is 9.48 Å². The van der Waals surface area contributed by atoms with Gasteiger partial charge in [-0.25, -0.2) is 0 Å². The Morgan fingerprint density at radius 3 is 2.41 bits per heavy atom. The molecule has 0 aliphatic rings. The summed E-state index contributed by atoms with van der Waals surface area (Å²) >= 11 is 0. The van der Waals surface area contributed by atoms with E-state index in [0.29, 0.717) is 18.2 Å². The summed E-state index contributed by atoms with van der Waals surface area (Å²) in [4.78, 5) is 11.9. The Bertz CT molecular complexity index is 409. The molecule has 0 bridgehead atoms. The van der Waals surface area contributed by atoms with Crippen molar-refractivity contribution < 1.29 is 4.79 Å². The fraction of sp³-hybridized carbons (Fsp3) is 0.667. The molecule has 1 heterocycles. The summed E-state index contributed by atoms with van der Waals surface area (Å²) in [7, 11) is 0. The number of nitrogen functional groups attached to an aromatic ring is 1. The Morgan fingerprint density at radius 1 is 1.41 bits per heavy atom. The number of aromatic nitrogens is 2. The van der Waals surface area contributed by atoms with Crippen LogP contribution >= 0.6 is 0 Å². The lowest BCUT2D eigenvalue weighted by Gasteiger charge is -2.15. The maximum absolute atomic E-state index is 11.9. The summed E-state index contributed by atoms with van der Waals surface area (Å²) in [6.07, 6.45) is 0. The summed E-state index contributed by atoms with van der Waals surface area (Å²) in [5.74, 6) is 0.418. The van der Waals surface area contributed by atoms with E-state index >= 15 is 0 Å². The monoisotopic (exact) mass is 238 g/mol. The third-order valence-electron chi connectivity index (χ3n) is 2.81. The van der Waals surface area contributed by atoms with Crippen molar-refractivity contribution >= 4 is 11.6 Å². The van der Waals surface area contributed by atoms with Crippen LogP contribution in [0.5, 0.6) is 0 Å². The summed E-state index contributed by atoms with van der Waals surface area (Å²) in [5, 5.41) is 7.18. The lowest BCUT2D eigenvalue weighted by atomic mass is 10.2. The van der Waals surface area contributed by atoms with Gasteiger partial charge in [-0.2, -0.15) is 5.10 Å². The van der Waals surface area contributed by atoms with Crippen LogP contribution in [0.2, 0.25) is 0 Å². The van der Waals surface area contributed by atoms with Crippen LogP contribution in [0.1, 0.15) is 38.2 Å². The van der Waals surface area contributed by atoms with E-state index in [9.17, 15) is 4.79 Å². The van der Waals surface area contributed by atoms with Crippen LogP contribution in [-0.4, -0.2) is 22.2 Å². The lowest BCUT2D eigenvalue weighted by Crippen LogP contribution is -2.34. The van der Waals surface area contributed by atoms with Crippen LogP contribution in [0.15, 0.2) is 0 Å². The van der Waals surface area contributed by atoms with Gasteiger partial charge in [0.1, 0.15) is 6.04 Å². The first-order chi connectivity index (χ1) is 7.84. The van der Waals surface area contributed by atoms with Gasteiger partial charge < -0.3 is 11.1 Å². The number of hydrogen-bond donors (Lipinski definition) is 2. The molecule has 5 heteroatoms. The summed E-state index contributed by atoms with van der Waals surface area (Å²) in [6.45, 7) is 10.4. The Labute approximate surface area is 102 Å². The highest BCUT2D eigenvalue weighted by Gasteiger charge is 2.19. The second-order valence-corrected chi connectivity index (χ2v) is 4.84. The molecule has 1 unspecified atom stereocenters. The van der Waals surface area contributed by atoms with E-state index in [1.807, 2.05) is 20.8 Å². The Morgan fingerprint density at radius 2 is 2.00 bits per heavy atom. The highest BCUT2D eigenvalue weighted by atomic mass is 16.2. The van der Waals surface area contributed by atoms with Crippen molar-refractivity contribution in [2.45, 2.75) is 40.7 Å². The van der Waals surface area contributed by atoms with Crippen LogP contribution < -0.4 is 11.1 Å². The minimum Gasteiger partial charge on any atom is -0.396 e. The van der Waals surface area contributed by atoms with Gasteiger partial charge in [0.15, 0.2) is 0 Å². The van der Waals surface area contributed by atoms with Gasteiger partial charge in [-0.1, -0.05) is 13.8 Å². The second kappa shape index (κ2) is 5.21. The number of carbonyl (C=O) groups is 1. The number of nitrogens with zero attached hydrogens (tertiary/aromatic N) is 2. The second-order valence-electron chi connectivity index (χ2n) is 4.84. The molecule has 0 aliphatic carbocycles.